The molecule has 0 saturated heterocycles. The Hall–Kier alpha value is -2.20. The van der Waals surface area contributed by atoms with Gasteiger partial charge in [-0.05, 0) is 31.9 Å². The van der Waals surface area contributed by atoms with Crippen molar-refractivity contribution in [3.05, 3.63) is 53.7 Å². The first-order chi connectivity index (χ1) is 11.1. The number of aliphatic hydroxyl groups excluding tert-OH is 1. The molecule has 1 amide bonds. The molecule has 3 rings (SSSR count). The lowest BCUT2D eigenvalue weighted by molar-refractivity contribution is 0.0716. The van der Waals surface area contributed by atoms with Gasteiger partial charge in [0, 0.05) is 5.56 Å². The highest BCUT2D eigenvalue weighted by molar-refractivity contribution is 5.95. The number of aliphatic hydroxyl groups is 1. The second-order valence-corrected chi connectivity index (χ2v) is 6.13. The lowest BCUT2D eigenvalue weighted by Crippen LogP contribution is -2.45. The van der Waals surface area contributed by atoms with Gasteiger partial charge in [0.15, 0.2) is 0 Å². The molecule has 1 heterocycles. The molecule has 0 bridgehead atoms. The largest absolute Gasteiger partial charge is 0.391 e. The number of carbonyl (C=O) groups excluding carboxylic acids is 1. The van der Waals surface area contributed by atoms with Crippen molar-refractivity contribution in [2.75, 3.05) is 0 Å². The molecule has 4 heteroatoms. The summed E-state index contributed by atoms with van der Waals surface area (Å²) in [5, 5.41) is 13.0. The quantitative estimate of drug-likeness (QED) is 0.916. The molecule has 2 aromatic rings. The van der Waals surface area contributed by atoms with Crippen molar-refractivity contribution < 1.29 is 9.90 Å². The van der Waals surface area contributed by atoms with Crippen LogP contribution in [0.1, 0.15) is 41.7 Å². The molecule has 0 radical (unpaired) electrons. The van der Waals surface area contributed by atoms with Gasteiger partial charge in [0.2, 0.25) is 0 Å². The van der Waals surface area contributed by atoms with Crippen LogP contribution >= 0.6 is 0 Å². The number of carbonyl (C=O) groups is 1. The Balaban J connectivity index is 1.76. The Morgan fingerprint density at radius 1 is 1.13 bits per heavy atom. The van der Waals surface area contributed by atoms with E-state index in [4.69, 9.17) is 0 Å². The van der Waals surface area contributed by atoms with E-state index in [1.165, 1.54) is 0 Å². The van der Waals surface area contributed by atoms with Crippen LogP contribution < -0.4 is 5.32 Å². The van der Waals surface area contributed by atoms with Crippen LogP contribution in [-0.2, 0) is 0 Å². The van der Waals surface area contributed by atoms with Gasteiger partial charge in [-0.15, -0.1) is 0 Å². The molecule has 4 nitrogen and oxygen atoms in total. The van der Waals surface area contributed by atoms with Crippen LogP contribution in [0.5, 0.6) is 0 Å². The molecule has 120 valence electrons. The van der Waals surface area contributed by atoms with Crippen LogP contribution in [0.15, 0.2) is 42.5 Å². The van der Waals surface area contributed by atoms with Crippen LogP contribution in [0.25, 0.3) is 11.3 Å². The van der Waals surface area contributed by atoms with E-state index >= 15 is 0 Å². The molecule has 1 fully saturated rings. The molecule has 1 aromatic carbocycles. The average Bonchev–Trinajstić information content (AvgIpc) is 2.57. The molecule has 0 aliphatic heterocycles. The average molecular weight is 310 g/mol. The number of hydrogen-bond acceptors (Lipinski definition) is 3. The highest BCUT2D eigenvalue weighted by Gasteiger charge is 2.25. The predicted octanol–water partition coefficient (Wildman–Crippen LogP) is 3.09. The summed E-state index contributed by atoms with van der Waals surface area (Å²) < 4.78 is 0. The number of benzene rings is 1. The maximum atomic E-state index is 12.5. The van der Waals surface area contributed by atoms with Crippen molar-refractivity contribution in [3.63, 3.8) is 0 Å². The molecular weight excluding hydrogens is 288 g/mol. The van der Waals surface area contributed by atoms with Gasteiger partial charge in [0.05, 0.1) is 29.1 Å². The van der Waals surface area contributed by atoms with Gasteiger partial charge in [-0.25, -0.2) is 0 Å². The maximum Gasteiger partial charge on any atom is 0.253 e. The third-order valence-corrected chi connectivity index (χ3v) is 4.45. The van der Waals surface area contributed by atoms with E-state index in [0.717, 1.165) is 36.9 Å². The van der Waals surface area contributed by atoms with E-state index in [9.17, 15) is 9.90 Å². The van der Waals surface area contributed by atoms with E-state index in [2.05, 4.69) is 10.3 Å². The van der Waals surface area contributed by atoms with Crippen LogP contribution in [0.2, 0.25) is 0 Å². The number of pyridine rings is 1. The highest BCUT2D eigenvalue weighted by Crippen LogP contribution is 2.21. The summed E-state index contributed by atoms with van der Waals surface area (Å²) in [5.74, 6) is -0.152. The number of amides is 1. The summed E-state index contributed by atoms with van der Waals surface area (Å²) in [6.45, 7) is 1.85. The van der Waals surface area contributed by atoms with E-state index in [1.807, 2.05) is 49.4 Å². The SMILES string of the molecule is Cc1nc(-c2ccccc2)ccc1C(=O)NC1CCCCC1O. The molecule has 1 saturated carbocycles. The lowest BCUT2D eigenvalue weighted by Gasteiger charge is -2.28. The van der Waals surface area contributed by atoms with Gasteiger partial charge in [-0.1, -0.05) is 43.2 Å². The molecule has 1 aromatic heterocycles. The summed E-state index contributed by atoms with van der Waals surface area (Å²) in [6.07, 6.45) is 3.23. The van der Waals surface area contributed by atoms with Crippen LogP contribution in [0.3, 0.4) is 0 Å². The first-order valence-electron chi connectivity index (χ1n) is 8.17. The number of nitrogens with one attached hydrogen (secondary N) is 1. The van der Waals surface area contributed by atoms with Gasteiger partial charge in [0.25, 0.3) is 5.91 Å². The minimum Gasteiger partial charge on any atom is -0.391 e. The Bertz CT molecular complexity index is 685. The molecule has 23 heavy (non-hydrogen) atoms. The van der Waals surface area contributed by atoms with Crippen molar-refractivity contribution in [2.24, 2.45) is 0 Å². The standard InChI is InChI=1S/C19H22N2O2/c1-13-15(19(23)21-17-9-5-6-10-18(17)22)11-12-16(20-13)14-7-3-2-4-8-14/h2-4,7-8,11-12,17-18,22H,5-6,9-10H2,1H3,(H,21,23). The normalized spacial score (nSPS) is 21.0. The Kier molecular flexibility index (Phi) is 4.72. The summed E-state index contributed by atoms with van der Waals surface area (Å²) >= 11 is 0. The monoisotopic (exact) mass is 310 g/mol. The number of aryl methyl sites for hydroxylation is 1. The predicted molar refractivity (Wildman–Crippen MR) is 90.1 cm³/mol. The Labute approximate surface area is 136 Å². The van der Waals surface area contributed by atoms with Crippen molar-refractivity contribution in [2.45, 2.75) is 44.8 Å². The maximum absolute atomic E-state index is 12.5. The van der Waals surface area contributed by atoms with Gasteiger partial charge in [-0.3, -0.25) is 9.78 Å². The first-order valence-corrected chi connectivity index (χ1v) is 8.17. The zero-order valence-corrected chi connectivity index (χ0v) is 13.3. The molecular formula is C19H22N2O2. The first kappa shape index (κ1) is 15.7. The fourth-order valence-corrected chi connectivity index (χ4v) is 3.10. The molecule has 1 aliphatic rings. The fraction of sp³-hybridized carbons (Fsp3) is 0.368. The molecule has 0 spiro atoms. The number of aromatic nitrogens is 1. The zero-order valence-electron chi connectivity index (χ0n) is 13.3. The van der Waals surface area contributed by atoms with Crippen LogP contribution in [0, 0.1) is 6.92 Å². The molecule has 1 aliphatic carbocycles. The highest BCUT2D eigenvalue weighted by atomic mass is 16.3. The molecule has 2 N–H and O–H groups in total. The van der Waals surface area contributed by atoms with E-state index in [-0.39, 0.29) is 11.9 Å². The lowest BCUT2D eigenvalue weighted by atomic mass is 9.92. The van der Waals surface area contributed by atoms with Crippen molar-refractivity contribution >= 4 is 5.91 Å². The fourth-order valence-electron chi connectivity index (χ4n) is 3.10. The topological polar surface area (TPSA) is 62.2 Å². The number of nitrogens with zero attached hydrogens (tertiary/aromatic N) is 1. The second kappa shape index (κ2) is 6.92. The van der Waals surface area contributed by atoms with Crippen molar-refractivity contribution in [1.82, 2.24) is 10.3 Å². The van der Waals surface area contributed by atoms with Gasteiger partial charge < -0.3 is 10.4 Å². The minimum absolute atomic E-state index is 0.149. The third kappa shape index (κ3) is 3.59. The van der Waals surface area contributed by atoms with Gasteiger partial charge in [-0.2, -0.15) is 0 Å². The summed E-state index contributed by atoms with van der Waals surface area (Å²) in [6, 6.07) is 13.4. The second-order valence-electron chi connectivity index (χ2n) is 6.13. The van der Waals surface area contributed by atoms with E-state index in [1.54, 1.807) is 0 Å². The van der Waals surface area contributed by atoms with Crippen molar-refractivity contribution in [1.29, 1.82) is 0 Å². The zero-order chi connectivity index (χ0) is 16.2. The minimum atomic E-state index is -0.440. The molecule has 2 unspecified atom stereocenters. The van der Waals surface area contributed by atoms with Gasteiger partial charge >= 0.3 is 0 Å². The van der Waals surface area contributed by atoms with Crippen molar-refractivity contribution in [3.8, 4) is 11.3 Å². The third-order valence-electron chi connectivity index (χ3n) is 4.45. The van der Waals surface area contributed by atoms with Crippen LogP contribution in [0.4, 0.5) is 0 Å². The van der Waals surface area contributed by atoms with Crippen LogP contribution in [-0.4, -0.2) is 28.1 Å². The summed E-state index contributed by atoms with van der Waals surface area (Å²) in [4.78, 5) is 17.0. The smallest absolute Gasteiger partial charge is 0.253 e. The van der Waals surface area contributed by atoms with Gasteiger partial charge in [0.1, 0.15) is 0 Å². The van der Waals surface area contributed by atoms with E-state index in [0.29, 0.717) is 11.3 Å². The number of hydrogen-bond donors (Lipinski definition) is 2. The molecule has 2 atom stereocenters. The Morgan fingerprint density at radius 3 is 2.57 bits per heavy atom. The summed E-state index contributed by atoms with van der Waals surface area (Å²) in [7, 11) is 0. The number of rotatable bonds is 3. The summed E-state index contributed by atoms with van der Waals surface area (Å²) in [5.41, 5.74) is 3.17. The van der Waals surface area contributed by atoms with E-state index < -0.39 is 6.10 Å². The Morgan fingerprint density at radius 2 is 1.87 bits per heavy atom.